The van der Waals surface area contributed by atoms with Gasteiger partial charge >= 0.3 is 0 Å². The fraction of sp³-hybridized carbons (Fsp3) is 0.562. The monoisotopic (exact) mass is 417 g/mol. The normalized spacial score (nSPS) is 21.8. The number of hydrogen-bond donors (Lipinski definition) is 0. The van der Waals surface area contributed by atoms with E-state index in [0.29, 0.717) is 5.82 Å². The maximum atomic E-state index is 13.0. The van der Waals surface area contributed by atoms with E-state index in [1.807, 2.05) is 25.3 Å². The molecule has 0 bridgehead atoms. The van der Waals surface area contributed by atoms with Crippen LogP contribution in [0.2, 0.25) is 0 Å². The molecule has 3 rings (SSSR count). The van der Waals surface area contributed by atoms with Crippen LogP contribution in [0.1, 0.15) is 42.1 Å². The second-order valence-corrected chi connectivity index (χ2v) is 11.9. The standard InChI is InChI=1S/C16H23N3O4S3/c1-12(2)16-17-15(11-18(16)3)26(22,23)19-7-6-14(13-5-4-9-24-13)25(20,21)10-8-19/h4-5,9,11-12,14H,6-8,10H2,1-3H3. The molecular formula is C16H23N3O4S3. The predicted octanol–water partition coefficient (Wildman–Crippen LogP) is 2.16. The van der Waals surface area contributed by atoms with Crippen molar-refractivity contribution in [1.82, 2.24) is 13.9 Å². The van der Waals surface area contributed by atoms with Crippen molar-refractivity contribution in [2.45, 2.75) is 36.5 Å². The molecule has 0 spiro atoms. The number of aromatic nitrogens is 2. The van der Waals surface area contributed by atoms with Gasteiger partial charge in [-0.05, 0) is 17.9 Å². The van der Waals surface area contributed by atoms with Crippen LogP contribution in [0.5, 0.6) is 0 Å². The number of thiophene rings is 1. The van der Waals surface area contributed by atoms with Crippen molar-refractivity contribution in [2.75, 3.05) is 18.8 Å². The average Bonchev–Trinajstić information content (AvgIpc) is 3.16. The van der Waals surface area contributed by atoms with E-state index >= 15 is 0 Å². The van der Waals surface area contributed by atoms with Crippen LogP contribution in [0.3, 0.4) is 0 Å². The van der Waals surface area contributed by atoms with Gasteiger partial charge in [-0.15, -0.1) is 11.3 Å². The minimum atomic E-state index is -3.82. The van der Waals surface area contributed by atoms with Gasteiger partial charge in [0.05, 0.1) is 11.0 Å². The second-order valence-electron chi connectivity index (χ2n) is 6.77. The molecule has 26 heavy (non-hydrogen) atoms. The average molecular weight is 418 g/mol. The smallest absolute Gasteiger partial charge is 0.262 e. The fourth-order valence-electron chi connectivity index (χ4n) is 3.20. The van der Waals surface area contributed by atoms with E-state index in [1.165, 1.54) is 21.8 Å². The molecule has 3 heterocycles. The van der Waals surface area contributed by atoms with Crippen molar-refractivity contribution in [1.29, 1.82) is 0 Å². The molecule has 0 radical (unpaired) electrons. The van der Waals surface area contributed by atoms with Crippen molar-refractivity contribution in [3.63, 3.8) is 0 Å². The first-order valence-corrected chi connectivity index (χ1v) is 12.4. The molecule has 1 fully saturated rings. The fourth-order valence-corrected chi connectivity index (χ4v) is 7.77. The van der Waals surface area contributed by atoms with Gasteiger partial charge in [-0.25, -0.2) is 21.8 Å². The molecule has 7 nitrogen and oxygen atoms in total. The Morgan fingerprint density at radius 2 is 2.04 bits per heavy atom. The topological polar surface area (TPSA) is 89.3 Å². The lowest BCUT2D eigenvalue weighted by atomic mass is 10.2. The number of sulfone groups is 1. The first-order valence-electron chi connectivity index (χ1n) is 8.41. The van der Waals surface area contributed by atoms with Crippen LogP contribution in [0.4, 0.5) is 0 Å². The van der Waals surface area contributed by atoms with Gasteiger partial charge < -0.3 is 4.57 Å². The molecule has 10 heteroatoms. The van der Waals surface area contributed by atoms with Gasteiger partial charge in [0.1, 0.15) is 5.82 Å². The minimum absolute atomic E-state index is 0.0179. The molecular weight excluding hydrogens is 394 g/mol. The molecule has 0 aliphatic carbocycles. The van der Waals surface area contributed by atoms with Gasteiger partial charge in [0, 0.05) is 37.1 Å². The lowest BCUT2D eigenvalue weighted by molar-refractivity contribution is 0.426. The maximum absolute atomic E-state index is 13.0. The molecule has 1 saturated heterocycles. The zero-order chi connectivity index (χ0) is 19.1. The minimum Gasteiger partial charge on any atom is -0.336 e. The van der Waals surface area contributed by atoms with Gasteiger partial charge in [0.15, 0.2) is 14.9 Å². The summed E-state index contributed by atoms with van der Waals surface area (Å²) >= 11 is 1.39. The van der Waals surface area contributed by atoms with E-state index in [4.69, 9.17) is 0 Å². The van der Waals surface area contributed by atoms with Gasteiger partial charge in [-0.3, -0.25) is 0 Å². The Bertz CT molecular complexity index is 976. The highest BCUT2D eigenvalue weighted by Crippen LogP contribution is 2.33. The van der Waals surface area contributed by atoms with Crippen molar-refractivity contribution < 1.29 is 16.8 Å². The molecule has 1 atom stereocenters. The number of rotatable bonds is 4. The third-order valence-electron chi connectivity index (χ3n) is 4.57. The predicted molar refractivity (Wildman–Crippen MR) is 102 cm³/mol. The van der Waals surface area contributed by atoms with E-state index in [0.717, 1.165) is 4.88 Å². The number of nitrogens with zero attached hydrogens (tertiary/aromatic N) is 3. The van der Waals surface area contributed by atoms with E-state index in [2.05, 4.69) is 4.98 Å². The van der Waals surface area contributed by atoms with Crippen LogP contribution in [0.15, 0.2) is 28.7 Å². The van der Waals surface area contributed by atoms with Gasteiger partial charge in [-0.2, -0.15) is 4.31 Å². The van der Waals surface area contributed by atoms with Crippen LogP contribution in [0, 0.1) is 0 Å². The third-order valence-corrected chi connectivity index (χ3v) is 9.58. The van der Waals surface area contributed by atoms with Crippen LogP contribution in [-0.4, -0.2) is 49.5 Å². The maximum Gasteiger partial charge on any atom is 0.262 e. The Labute approximate surface area is 158 Å². The van der Waals surface area contributed by atoms with Crippen LogP contribution in [0.25, 0.3) is 0 Å². The number of imidazole rings is 1. The lowest BCUT2D eigenvalue weighted by Crippen LogP contribution is -2.33. The molecule has 0 aromatic carbocycles. The summed E-state index contributed by atoms with van der Waals surface area (Å²) in [6.07, 6.45) is 1.76. The third kappa shape index (κ3) is 3.60. The summed E-state index contributed by atoms with van der Waals surface area (Å²) < 4.78 is 54.2. The number of hydrogen-bond acceptors (Lipinski definition) is 6. The van der Waals surface area contributed by atoms with E-state index in [1.54, 1.807) is 17.7 Å². The van der Waals surface area contributed by atoms with Crippen LogP contribution < -0.4 is 0 Å². The Hall–Kier alpha value is -1.23. The van der Waals surface area contributed by atoms with Gasteiger partial charge in [-0.1, -0.05) is 19.9 Å². The van der Waals surface area contributed by atoms with Crippen molar-refractivity contribution in [2.24, 2.45) is 7.05 Å². The Morgan fingerprint density at radius 3 is 2.62 bits per heavy atom. The highest BCUT2D eigenvalue weighted by molar-refractivity contribution is 7.92. The van der Waals surface area contributed by atoms with E-state index in [9.17, 15) is 16.8 Å². The summed E-state index contributed by atoms with van der Waals surface area (Å²) in [7, 11) is -5.45. The molecule has 0 N–H and O–H groups in total. The molecule has 0 amide bonds. The van der Waals surface area contributed by atoms with Crippen molar-refractivity contribution >= 4 is 31.2 Å². The first-order chi connectivity index (χ1) is 12.1. The zero-order valence-corrected chi connectivity index (χ0v) is 17.4. The van der Waals surface area contributed by atoms with Gasteiger partial charge in [0.2, 0.25) is 0 Å². The molecule has 1 aliphatic heterocycles. The molecule has 0 saturated carbocycles. The summed E-state index contributed by atoms with van der Waals surface area (Å²) in [5.74, 6) is 0.595. The Kier molecular flexibility index (Phi) is 5.31. The van der Waals surface area contributed by atoms with Crippen molar-refractivity contribution in [3.05, 3.63) is 34.4 Å². The lowest BCUT2D eigenvalue weighted by Gasteiger charge is -2.18. The quantitative estimate of drug-likeness (QED) is 0.760. The molecule has 1 aliphatic rings. The van der Waals surface area contributed by atoms with E-state index < -0.39 is 25.1 Å². The first kappa shape index (κ1) is 19.5. The molecule has 2 aromatic rings. The van der Waals surface area contributed by atoms with Crippen LogP contribution in [-0.2, 0) is 26.9 Å². The summed E-state index contributed by atoms with van der Waals surface area (Å²) in [6.45, 7) is 4.02. The number of sulfonamides is 1. The zero-order valence-electron chi connectivity index (χ0n) is 15.0. The van der Waals surface area contributed by atoms with Gasteiger partial charge in [0.25, 0.3) is 10.0 Å². The summed E-state index contributed by atoms with van der Waals surface area (Å²) in [5.41, 5.74) is 0. The molecule has 2 aromatic heterocycles. The van der Waals surface area contributed by atoms with E-state index in [-0.39, 0.29) is 36.2 Å². The largest absolute Gasteiger partial charge is 0.336 e. The highest BCUT2D eigenvalue weighted by atomic mass is 32.2. The molecule has 144 valence electrons. The van der Waals surface area contributed by atoms with Crippen LogP contribution >= 0.6 is 11.3 Å². The molecule has 1 unspecified atom stereocenters. The highest BCUT2D eigenvalue weighted by Gasteiger charge is 2.37. The summed E-state index contributed by atoms with van der Waals surface area (Å²) in [5, 5.41) is 1.18. The summed E-state index contributed by atoms with van der Waals surface area (Å²) in [6, 6.07) is 3.61. The Morgan fingerprint density at radius 1 is 1.31 bits per heavy atom. The SMILES string of the molecule is CC(C)c1nc(S(=O)(=O)N2CCC(c3cccs3)S(=O)(=O)CC2)cn1C. The Balaban J connectivity index is 1.89. The number of aryl methyl sites for hydroxylation is 1. The second kappa shape index (κ2) is 7.06. The summed E-state index contributed by atoms with van der Waals surface area (Å²) in [4.78, 5) is 5.05. The van der Waals surface area contributed by atoms with Crippen molar-refractivity contribution in [3.8, 4) is 0 Å².